The molecular formula is C13H19N3O2. The quantitative estimate of drug-likeness (QED) is 0.162. The van der Waals surface area contributed by atoms with Gasteiger partial charge < -0.3 is 21.0 Å². The fraction of sp³-hybridized carbons (Fsp3) is 0.308. The summed E-state index contributed by atoms with van der Waals surface area (Å²) in [5.41, 5.74) is 6.11. The third-order valence-electron chi connectivity index (χ3n) is 2.33. The van der Waals surface area contributed by atoms with E-state index in [-0.39, 0.29) is 5.84 Å². The zero-order valence-electron chi connectivity index (χ0n) is 10.3. The average molecular weight is 249 g/mol. The Bertz CT molecular complexity index is 388. The minimum atomic E-state index is 0.0904. The summed E-state index contributed by atoms with van der Waals surface area (Å²) in [7, 11) is 0. The van der Waals surface area contributed by atoms with E-state index >= 15 is 0 Å². The van der Waals surface area contributed by atoms with Gasteiger partial charge in [-0.15, -0.1) is 6.58 Å². The van der Waals surface area contributed by atoms with Crippen molar-refractivity contribution in [3.8, 4) is 5.75 Å². The van der Waals surface area contributed by atoms with Gasteiger partial charge in [-0.3, -0.25) is 0 Å². The lowest BCUT2D eigenvalue weighted by molar-refractivity contribution is 0.314. The van der Waals surface area contributed by atoms with Crippen LogP contribution in [-0.2, 0) is 0 Å². The first kappa shape index (κ1) is 14.1. The summed E-state index contributed by atoms with van der Waals surface area (Å²) in [6, 6.07) is 7.07. The molecule has 98 valence electrons. The van der Waals surface area contributed by atoms with Crippen molar-refractivity contribution in [3.05, 3.63) is 42.5 Å². The zero-order valence-corrected chi connectivity index (χ0v) is 10.3. The van der Waals surface area contributed by atoms with Crippen LogP contribution in [-0.4, -0.2) is 30.7 Å². The molecule has 0 bridgehead atoms. The first-order chi connectivity index (χ1) is 8.77. The Morgan fingerprint density at radius 3 is 2.72 bits per heavy atom. The van der Waals surface area contributed by atoms with Crippen molar-refractivity contribution >= 4 is 5.84 Å². The molecule has 5 nitrogen and oxygen atoms in total. The Labute approximate surface area is 107 Å². The van der Waals surface area contributed by atoms with Crippen LogP contribution in [0.5, 0.6) is 5.75 Å². The Morgan fingerprint density at radius 1 is 1.39 bits per heavy atom. The molecule has 0 atom stereocenters. The fourth-order valence-corrected chi connectivity index (χ4v) is 1.35. The van der Waals surface area contributed by atoms with Crippen molar-refractivity contribution in [1.82, 2.24) is 5.32 Å². The molecule has 1 aromatic carbocycles. The van der Waals surface area contributed by atoms with Gasteiger partial charge in [-0.05, 0) is 37.2 Å². The van der Waals surface area contributed by atoms with Gasteiger partial charge in [0.2, 0.25) is 0 Å². The smallest absolute Gasteiger partial charge is 0.170 e. The molecule has 1 aromatic rings. The zero-order chi connectivity index (χ0) is 13.2. The molecule has 0 heterocycles. The van der Waals surface area contributed by atoms with E-state index in [1.54, 1.807) is 24.3 Å². The topological polar surface area (TPSA) is 79.9 Å². The molecule has 0 saturated heterocycles. The van der Waals surface area contributed by atoms with Crippen molar-refractivity contribution in [2.75, 3.05) is 19.7 Å². The molecule has 0 aliphatic heterocycles. The van der Waals surface area contributed by atoms with Crippen molar-refractivity contribution in [1.29, 1.82) is 0 Å². The van der Waals surface area contributed by atoms with Crippen LogP contribution in [0.1, 0.15) is 12.0 Å². The van der Waals surface area contributed by atoms with Gasteiger partial charge in [0.05, 0.1) is 0 Å². The van der Waals surface area contributed by atoms with Crippen LogP contribution in [0.4, 0.5) is 0 Å². The third kappa shape index (κ3) is 4.88. The monoisotopic (exact) mass is 249 g/mol. The van der Waals surface area contributed by atoms with E-state index in [0.29, 0.717) is 12.2 Å². The SMILES string of the molecule is C=CCCNCCOc1ccc(/C(N)=N\O)cc1. The molecule has 0 spiro atoms. The van der Waals surface area contributed by atoms with Crippen LogP contribution >= 0.6 is 0 Å². The summed E-state index contributed by atoms with van der Waals surface area (Å²) in [5, 5.41) is 14.7. The highest BCUT2D eigenvalue weighted by Gasteiger charge is 1.99. The van der Waals surface area contributed by atoms with Gasteiger partial charge in [-0.1, -0.05) is 11.2 Å². The molecule has 4 N–H and O–H groups in total. The van der Waals surface area contributed by atoms with Crippen molar-refractivity contribution < 1.29 is 9.94 Å². The summed E-state index contributed by atoms with van der Waals surface area (Å²) in [6.07, 6.45) is 2.83. The minimum Gasteiger partial charge on any atom is -0.492 e. The number of nitrogens with zero attached hydrogens (tertiary/aromatic N) is 1. The average Bonchev–Trinajstić information content (AvgIpc) is 2.42. The third-order valence-corrected chi connectivity index (χ3v) is 2.33. The van der Waals surface area contributed by atoms with E-state index in [1.807, 2.05) is 6.08 Å². The number of benzene rings is 1. The molecule has 5 heteroatoms. The standard InChI is InChI=1S/C13H19N3O2/c1-2-3-8-15-9-10-18-12-6-4-11(5-7-12)13(14)16-17/h2,4-7,15,17H,1,3,8-10H2,(H2,14,16). The molecule has 0 amide bonds. The molecular weight excluding hydrogens is 230 g/mol. The van der Waals surface area contributed by atoms with E-state index in [4.69, 9.17) is 15.7 Å². The second-order valence-electron chi connectivity index (χ2n) is 3.69. The van der Waals surface area contributed by atoms with Crippen LogP contribution < -0.4 is 15.8 Å². The van der Waals surface area contributed by atoms with E-state index in [0.717, 1.165) is 25.3 Å². The lowest BCUT2D eigenvalue weighted by Gasteiger charge is -2.07. The molecule has 0 fully saturated rings. The second-order valence-corrected chi connectivity index (χ2v) is 3.69. The van der Waals surface area contributed by atoms with E-state index in [1.165, 1.54) is 0 Å². The number of oxime groups is 1. The maximum absolute atomic E-state index is 8.52. The second kappa shape index (κ2) is 8.14. The highest BCUT2D eigenvalue weighted by molar-refractivity contribution is 5.97. The van der Waals surface area contributed by atoms with E-state index in [2.05, 4.69) is 17.1 Å². The first-order valence-electron chi connectivity index (χ1n) is 5.80. The van der Waals surface area contributed by atoms with Gasteiger partial charge in [0.25, 0.3) is 0 Å². The normalized spacial score (nSPS) is 11.2. The Balaban J connectivity index is 2.29. The summed E-state index contributed by atoms with van der Waals surface area (Å²) in [6.45, 7) is 5.94. The summed E-state index contributed by atoms with van der Waals surface area (Å²) in [5.74, 6) is 0.850. The predicted molar refractivity (Wildman–Crippen MR) is 72.1 cm³/mol. The van der Waals surface area contributed by atoms with E-state index < -0.39 is 0 Å². The van der Waals surface area contributed by atoms with E-state index in [9.17, 15) is 0 Å². The molecule has 0 saturated carbocycles. The van der Waals surface area contributed by atoms with Crippen LogP contribution in [0.15, 0.2) is 42.1 Å². The molecule has 1 rings (SSSR count). The Hall–Kier alpha value is -2.01. The lowest BCUT2D eigenvalue weighted by atomic mass is 10.2. The molecule has 0 aliphatic carbocycles. The maximum atomic E-state index is 8.52. The minimum absolute atomic E-state index is 0.0904. The lowest BCUT2D eigenvalue weighted by Crippen LogP contribution is -2.21. The maximum Gasteiger partial charge on any atom is 0.170 e. The Kier molecular flexibility index (Phi) is 6.35. The highest BCUT2D eigenvalue weighted by Crippen LogP contribution is 2.11. The number of hydrogen-bond acceptors (Lipinski definition) is 4. The summed E-state index contributed by atoms with van der Waals surface area (Å²) >= 11 is 0. The van der Waals surface area contributed by atoms with Crippen LogP contribution in [0, 0.1) is 0 Å². The molecule has 0 radical (unpaired) electrons. The fourth-order valence-electron chi connectivity index (χ4n) is 1.35. The summed E-state index contributed by atoms with van der Waals surface area (Å²) in [4.78, 5) is 0. The first-order valence-corrected chi connectivity index (χ1v) is 5.80. The van der Waals surface area contributed by atoms with Gasteiger partial charge in [-0.25, -0.2) is 0 Å². The van der Waals surface area contributed by atoms with Gasteiger partial charge in [0, 0.05) is 12.1 Å². The van der Waals surface area contributed by atoms with Gasteiger partial charge >= 0.3 is 0 Å². The molecule has 0 aromatic heterocycles. The molecule has 0 unspecified atom stereocenters. The number of amidine groups is 1. The number of ether oxygens (including phenoxy) is 1. The Morgan fingerprint density at radius 2 is 2.11 bits per heavy atom. The van der Waals surface area contributed by atoms with Gasteiger partial charge in [-0.2, -0.15) is 0 Å². The van der Waals surface area contributed by atoms with Gasteiger partial charge in [0.15, 0.2) is 5.84 Å². The van der Waals surface area contributed by atoms with Crippen molar-refractivity contribution in [2.24, 2.45) is 10.9 Å². The van der Waals surface area contributed by atoms with Crippen LogP contribution in [0.2, 0.25) is 0 Å². The number of nitrogens with one attached hydrogen (secondary N) is 1. The number of nitrogens with two attached hydrogens (primary N) is 1. The van der Waals surface area contributed by atoms with Crippen molar-refractivity contribution in [3.63, 3.8) is 0 Å². The summed E-state index contributed by atoms with van der Waals surface area (Å²) < 4.78 is 5.52. The number of hydrogen-bond donors (Lipinski definition) is 3. The molecule has 0 aliphatic rings. The highest BCUT2D eigenvalue weighted by atomic mass is 16.5. The molecule has 18 heavy (non-hydrogen) atoms. The van der Waals surface area contributed by atoms with Crippen LogP contribution in [0.25, 0.3) is 0 Å². The largest absolute Gasteiger partial charge is 0.492 e. The number of rotatable bonds is 8. The van der Waals surface area contributed by atoms with Crippen LogP contribution in [0.3, 0.4) is 0 Å². The van der Waals surface area contributed by atoms with Gasteiger partial charge in [0.1, 0.15) is 12.4 Å². The van der Waals surface area contributed by atoms with Crippen molar-refractivity contribution in [2.45, 2.75) is 6.42 Å². The predicted octanol–water partition coefficient (Wildman–Crippen LogP) is 1.33.